The number of benzene rings is 1. The molecular weight excluding hydrogens is 468 g/mol. The maximum atomic E-state index is 9.90. The highest BCUT2D eigenvalue weighted by Gasteiger charge is 2.31. The maximum Gasteiger partial charge on any atom is 0.150 e. The Morgan fingerprint density at radius 1 is 1.19 bits per heavy atom. The van der Waals surface area contributed by atoms with Crippen molar-refractivity contribution in [2.45, 2.75) is 51.2 Å². The van der Waals surface area contributed by atoms with Crippen LogP contribution in [0.1, 0.15) is 61.1 Å². The minimum atomic E-state index is -0.0531. The summed E-state index contributed by atoms with van der Waals surface area (Å²) < 4.78 is 10.9. The highest BCUT2D eigenvalue weighted by Crippen LogP contribution is 2.46. The lowest BCUT2D eigenvalue weighted by Gasteiger charge is -2.23. The van der Waals surface area contributed by atoms with Crippen LogP contribution in [0.2, 0.25) is 0 Å². The minimum Gasteiger partial charge on any atom is -0.384 e. The van der Waals surface area contributed by atoms with Crippen LogP contribution in [0.25, 0.3) is 27.5 Å². The van der Waals surface area contributed by atoms with E-state index >= 15 is 0 Å². The van der Waals surface area contributed by atoms with Gasteiger partial charge in [0.15, 0.2) is 6.23 Å². The zero-order valence-corrected chi connectivity index (χ0v) is 19.4. The number of aryl methyl sites for hydroxylation is 1. The third-order valence-corrected chi connectivity index (χ3v) is 7.47. The molecule has 2 N–H and O–H groups in total. The van der Waals surface area contributed by atoms with Crippen molar-refractivity contribution in [3.05, 3.63) is 45.8 Å². The lowest BCUT2D eigenvalue weighted by molar-refractivity contribution is -0.0366. The van der Waals surface area contributed by atoms with E-state index in [0.717, 1.165) is 81.9 Å². The van der Waals surface area contributed by atoms with Gasteiger partial charge in [0.25, 0.3) is 0 Å². The van der Waals surface area contributed by atoms with E-state index in [1.807, 2.05) is 15.4 Å². The Morgan fingerprint density at radius 2 is 2.03 bits per heavy atom. The zero-order chi connectivity index (χ0) is 22.0. The van der Waals surface area contributed by atoms with Gasteiger partial charge in [-0.15, -0.1) is 0 Å². The summed E-state index contributed by atoms with van der Waals surface area (Å²) in [5.41, 5.74) is 12.0. The van der Waals surface area contributed by atoms with Crippen LogP contribution in [0.15, 0.2) is 29.0 Å². The average molecular weight is 491 g/mol. The van der Waals surface area contributed by atoms with Gasteiger partial charge in [-0.05, 0) is 66.6 Å². The molecule has 6 rings (SSSR count). The van der Waals surface area contributed by atoms with Crippen LogP contribution in [0, 0.1) is 18.3 Å². The third kappa shape index (κ3) is 2.81. The van der Waals surface area contributed by atoms with Crippen molar-refractivity contribution in [1.82, 2.24) is 19.3 Å². The topological polar surface area (TPSA) is 94.7 Å². The van der Waals surface area contributed by atoms with E-state index in [4.69, 9.17) is 15.6 Å². The van der Waals surface area contributed by atoms with Crippen molar-refractivity contribution in [2.75, 3.05) is 12.3 Å². The smallest absolute Gasteiger partial charge is 0.150 e. The van der Waals surface area contributed by atoms with Gasteiger partial charge < -0.3 is 10.5 Å². The second-order valence-electron chi connectivity index (χ2n) is 8.78. The first-order chi connectivity index (χ1) is 15.6. The summed E-state index contributed by atoms with van der Waals surface area (Å²) in [6, 6.07) is 6.48. The van der Waals surface area contributed by atoms with Gasteiger partial charge >= 0.3 is 0 Å². The molecular formula is C24H23BrN6O. The Hall–Kier alpha value is -2.89. The molecule has 0 spiro atoms. The molecule has 1 aliphatic heterocycles. The Balaban J connectivity index is 1.65. The van der Waals surface area contributed by atoms with Crippen molar-refractivity contribution in [3.63, 3.8) is 0 Å². The lowest BCUT2D eigenvalue weighted by atomic mass is 10.1. The summed E-state index contributed by atoms with van der Waals surface area (Å²) in [5, 5.41) is 16.4. The first-order valence-corrected chi connectivity index (χ1v) is 11.9. The molecule has 1 saturated carbocycles. The molecule has 3 aromatic heterocycles. The van der Waals surface area contributed by atoms with Crippen molar-refractivity contribution in [3.8, 4) is 11.8 Å². The number of rotatable bonds is 3. The molecule has 7 nitrogen and oxygen atoms in total. The van der Waals surface area contributed by atoms with Gasteiger partial charge in [-0.3, -0.25) is 9.55 Å². The van der Waals surface area contributed by atoms with E-state index in [1.165, 1.54) is 0 Å². The molecule has 0 amide bonds. The molecule has 1 aliphatic carbocycles. The first-order valence-electron chi connectivity index (χ1n) is 11.1. The summed E-state index contributed by atoms with van der Waals surface area (Å²) in [4.78, 5) is 4.68. The highest BCUT2D eigenvalue weighted by molar-refractivity contribution is 9.10. The van der Waals surface area contributed by atoms with E-state index in [-0.39, 0.29) is 6.23 Å². The lowest BCUT2D eigenvalue weighted by Crippen LogP contribution is -2.19. The molecule has 2 aliphatic rings. The number of fused-ring (bicyclic) bond motifs is 2. The molecule has 0 radical (unpaired) electrons. The number of nitrogens with zero attached hydrogens (tertiary/aromatic N) is 5. The monoisotopic (exact) mass is 490 g/mol. The van der Waals surface area contributed by atoms with E-state index in [2.05, 4.69) is 46.0 Å². The fourth-order valence-electron chi connectivity index (χ4n) is 4.91. The predicted molar refractivity (Wildman–Crippen MR) is 127 cm³/mol. The van der Waals surface area contributed by atoms with Gasteiger partial charge in [-0.2, -0.15) is 10.4 Å². The molecule has 162 valence electrons. The summed E-state index contributed by atoms with van der Waals surface area (Å²) in [6.45, 7) is 2.83. The fourth-order valence-corrected chi connectivity index (χ4v) is 5.73. The van der Waals surface area contributed by atoms with Gasteiger partial charge in [0, 0.05) is 29.5 Å². The normalized spacial score (nSPS) is 19.0. The van der Waals surface area contributed by atoms with Crippen LogP contribution in [-0.4, -0.2) is 25.9 Å². The molecule has 1 aromatic carbocycles. The molecule has 8 heteroatoms. The molecule has 4 heterocycles. The van der Waals surface area contributed by atoms with Crippen LogP contribution >= 0.6 is 15.9 Å². The standard InChI is InChI=1S/C24H23BrN6O/c1-13-5-8-18-17(12-29-31(18)19-4-2-3-9-32-19)22(13)30-23-16(15(10-26)24(30)27)11-28-21(20(23)25)14-6-7-14/h5,8,11-12,14,19H,2-4,6-7,9,27H2,1H3. The maximum absolute atomic E-state index is 9.90. The fraction of sp³-hybridized carbons (Fsp3) is 0.375. The van der Waals surface area contributed by atoms with Crippen LogP contribution in [0.5, 0.6) is 0 Å². The van der Waals surface area contributed by atoms with Crippen molar-refractivity contribution >= 4 is 43.6 Å². The molecule has 4 aromatic rings. The third-order valence-electron chi connectivity index (χ3n) is 6.69. The molecule has 1 unspecified atom stereocenters. The second kappa shape index (κ2) is 7.32. The molecule has 2 fully saturated rings. The van der Waals surface area contributed by atoms with E-state index in [9.17, 15) is 5.26 Å². The number of nitrogens with two attached hydrogens (primary N) is 1. The van der Waals surface area contributed by atoms with Crippen LogP contribution in [0.4, 0.5) is 5.82 Å². The molecule has 0 bridgehead atoms. The number of nitriles is 1. The second-order valence-corrected chi connectivity index (χ2v) is 9.57. The molecule has 1 atom stereocenters. The number of hydrogen-bond donors (Lipinski definition) is 1. The van der Waals surface area contributed by atoms with E-state index in [1.54, 1.807) is 6.20 Å². The van der Waals surface area contributed by atoms with Gasteiger partial charge in [0.1, 0.15) is 17.5 Å². The van der Waals surface area contributed by atoms with E-state index in [0.29, 0.717) is 17.3 Å². The number of pyridine rings is 1. The number of halogens is 1. The van der Waals surface area contributed by atoms with Crippen LogP contribution in [-0.2, 0) is 4.74 Å². The van der Waals surface area contributed by atoms with Crippen LogP contribution in [0.3, 0.4) is 0 Å². The molecule has 1 saturated heterocycles. The summed E-state index contributed by atoms with van der Waals surface area (Å²) in [7, 11) is 0. The Labute approximate surface area is 193 Å². The number of anilines is 1. The summed E-state index contributed by atoms with van der Waals surface area (Å²) in [5.74, 6) is 0.891. The van der Waals surface area contributed by atoms with Crippen molar-refractivity contribution in [2.24, 2.45) is 0 Å². The SMILES string of the molecule is Cc1ccc2c(cnn2C2CCCCO2)c1-n1c(N)c(C#N)c2cnc(C3CC3)c(Br)c21. The number of ether oxygens (including phenoxy) is 1. The highest BCUT2D eigenvalue weighted by atomic mass is 79.9. The predicted octanol–water partition coefficient (Wildman–Crippen LogP) is 5.48. The summed E-state index contributed by atoms with van der Waals surface area (Å²) >= 11 is 3.81. The van der Waals surface area contributed by atoms with Gasteiger partial charge in [0.05, 0.1) is 33.1 Å². The largest absolute Gasteiger partial charge is 0.384 e. The van der Waals surface area contributed by atoms with Gasteiger partial charge in [0.2, 0.25) is 0 Å². The number of aromatic nitrogens is 4. The van der Waals surface area contributed by atoms with Gasteiger partial charge in [-0.1, -0.05) is 6.07 Å². The van der Waals surface area contributed by atoms with Crippen molar-refractivity contribution in [1.29, 1.82) is 5.26 Å². The quantitative estimate of drug-likeness (QED) is 0.410. The van der Waals surface area contributed by atoms with Crippen LogP contribution < -0.4 is 5.73 Å². The number of hydrogen-bond acceptors (Lipinski definition) is 5. The Bertz CT molecular complexity index is 1420. The Kier molecular flexibility index (Phi) is 4.52. The first kappa shape index (κ1) is 19.8. The zero-order valence-electron chi connectivity index (χ0n) is 17.8. The minimum absolute atomic E-state index is 0.0531. The van der Waals surface area contributed by atoms with Gasteiger partial charge in [-0.25, -0.2) is 4.68 Å². The number of nitrogen functional groups attached to an aromatic ring is 1. The average Bonchev–Trinajstić information content (AvgIpc) is 3.49. The molecule has 32 heavy (non-hydrogen) atoms. The van der Waals surface area contributed by atoms with E-state index < -0.39 is 0 Å². The Morgan fingerprint density at radius 3 is 2.75 bits per heavy atom. The summed E-state index contributed by atoms with van der Waals surface area (Å²) in [6.07, 6.45) is 9.10. The van der Waals surface area contributed by atoms with Crippen molar-refractivity contribution < 1.29 is 4.74 Å².